The van der Waals surface area contributed by atoms with E-state index < -0.39 is 23.6 Å². The van der Waals surface area contributed by atoms with E-state index in [1.807, 2.05) is 39.0 Å². The molecule has 0 aliphatic carbocycles. The summed E-state index contributed by atoms with van der Waals surface area (Å²) >= 11 is 0. The third kappa shape index (κ3) is 4.64. The number of esters is 1. The number of carboxylic acids is 1. The van der Waals surface area contributed by atoms with Crippen molar-refractivity contribution in [3.8, 4) is 16.9 Å². The molecule has 0 saturated carbocycles. The van der Waals surface area contributed by atoms with Crippen LogP contribution < -0.4 is 10.1 Å². The van der Waals surface area contributed by atoms with E-state index in [1.165, 1.54) is 7.11 Å². The average Bonchev–Trinajstić information content (AvgIpc) is 2.71. The van der Waals surface area contributed by atoms with Crippen LogP contribution >= 0.6 is 0 Å². The van der Waals surface area contributed by atoms with E-state index in [4.69, 9.17) is 14.2 Å². The second kappa shape index (κ2) is 8.55. The molecule has 0 saturated heterocycles. The van der Waals surface area contributed by atoms with Gasteiger partial charge in [0.05, 0.1) is 18.4 Å². The van der Waals surface area contributed by atoms with Crippen LogP contribution in [0.3, 0.4) is 0 Å². The molecule has 1 aliphatic heterocycles. The molecule has 2 aromatic rings. The number of aryl methyl sites for hydroxylation is 1. The van der Waals surface area contributed by atoms with Crippen LogP contribution in [0.4, 0.5) is 5.69 Å². The number of rotatable bonds is 5. The molecule has 0 spiro atoms. The second-order valence-electron chi connectivity index (χ2n) is 8.38. The van der Waals surface area contributed by atoms with Gasteiger partial charge in [-0.3, -0.25) is 0 Å². The molecule has 31 heavy (non-hydrogen) atoms. The Kier molecular flexibility index (Phi) is 6.22. The number of methoxy groups -OCH3 is 1. The SMILES string of the molecule is COC(=O)[C@@H](OC(C)(C)C)c1c(C)nc(C(=O)O)c(C)c1-c1ccc2c(c1)NCCO2. The molecule has 1 aromatic carbocycles. The van der Waals surface area contributed by atoms with E-state index in [2.05, 4.69) is 10.3 Å². The molecular formula is C23H28N2O6. The molecule has 0 fully saturated rings. The predicted molar refractivity (Wildman–Crippen MR) is 116 cm³/mol. The van der Waals surface area contributed by atoms with Gasteiger partial charge in [-0.05, 0) is 63.4 Å². The van der Waals surface area contributed by atoms with Crippen molar-refractivity contribution in [2.45, 2.75) is 46.3 Å². The highest BCUT2D eigenvalue weighted by Gasteiger charge is 2.34. The minimum absolute atomic E-state index is 0.0717. The molecule has 0 amide bonds. The molecule has 3 rings (SSSR count). The number of hydrogen-bond acceptors (Lipinski definition) is 7. The van der Waals surface area contributed by atoms with E-state index in [0.717, 1.165) is 11.3 Å². The number of carbonyl (C=O) groups is 2. The summed E-state index contributed by atoms with van der Waals surface area (Å²) in [7, 11) is 1.29. The van der Waals surface area contributed by atoms with Gasteiger partial charge in [-0.2, -0.15) is 0 Å². The minimum atomic E-state index is -1.14. The van der Waals surface area contributed by atoms with Crippen LogP contribution in [0.2, 0.25) is 0 Å². The molecule has 8 heteroatoms. The van der Waals surface area contributed by atoms with Crippen molar-refractivity contribution in [2.75, 3.05) is 25.6 Å². The number of carboxylic acid groups (broad SMARTS) is 1. The van der Waals surface area contributed by atoms with Gasteiger partial charge in [0, 0.05) is 17.8 Å². The number of aromatic nitrogens is 1. The van der Waals surface area contributed by atoms with Crippen molar-refractivity contribution < 1.29 is 28.9 Å². The Bertz CT molecular complexity index is 1030. The fourth-order valence-electron chi connectivity index (χ4n) is 3.70. The monoisotopic (exact) mass is 428 g/mol. The summed E-state index contributed by atoms with van der Waals surface area (Å²) in [5, 5.41) is 13.0. The van der Waals surface area contributed by atoms with Gasteiger partial charge >= 0.3 is 11.9 Å². The zero-order chi connectivity index (χ0) is 22.9. The number of ether oxygens (including phenoxy) is 3. The highest BCUT2D eigenvalue weighted by molar-refractivity contribution is 5.93. The third-order valence-electron chi connectivity index (χ3n) is 4.96. The summed E-state index contributed by atoms with van der Waals surface area (Å²) in [5.74, 6) is -1.00. The van der Waals surface area contributed by atoms with E-state index in [0.29, 0.717) is 41.3 Å². The Labute approximate surface area is 181 Å². The Morgan fingerprint density at radius 1 is 1.26 bits per heavy atom. The topological polar surface area (TPSA) is 107 Å². The molecule has 2 heterocycles. The van der Waals surface area contributed by atoms with Crippen molar-refractivity contribution in [1.29, 1.82) is 0 Å². The molecular weight excluding hydrogens is 400 g/mol. The summed E-state index contributed by atoms with van der Waals surface area (Å²) in [5.41, 5.74) is 2.69. The van der Waals surface area contributed by atoms with E-state index in [-0.39, 0.29) is 5.69 Å². The van der Waals surface area contributed by atoms with Gasteiger partial charge in [-0.25, -0.2) is 14.6 Å². The van der Waals surface area contributed by atoms with Crippen molar-refractivity contribution in [3.05, 3.63) is 40.7 Å². The van der Waals surface area contributed by atoms with Crippen molar-refractivity contribution in [2.24, 2.45) is 0 Å². The zero-order valence-corrected chi connectivity index (χ0v) is 18.7. The Balaban J connectivity index is 2.32. The number of aromatic carboxylic acids is 1. The lowest BCUT2D eigenvalue weighted by atomic mass is 9.89. The molecule has 0 radical (unpaired) electrons. The van der Waals surface area contributed by atoms with Gasteiger partial charge in [0.1, 0.15) is 12.4 Å². The van der Waals surface area contributed by atoms with Crippen LogP contribution in [-0.2, 0) is 14.3 Å². The number of carbonyl (C=O) groups excluding carboxylic acids is 1. The molecule has 8 nitrogen and oxygen atoms in total. The van der Waals surface area contributed by atoms with E-state index >= 15 is 0 Å². The Morgan fingerprint density at radius 2 is 1.97 bits per heavy atom. The summed E-state index contributed by atoms with van der Waals surface area (Å²) in [4.78, 5) is 28.9. The fourth-order valence-corrected chi connectivity index (χ4v) is 3.70. The number of nitrogens with one attached hydrogen (secondary N) is 1. The predicted octanol–water partition coefficient (Wildman–Crippen LogP) is 3.90. The van der Waals surface area contributed by atoms with Crippen LogP contribution in [0.1, 0.15) is 54.2 Å². The third-order valence-corrected chi connectivity index (χ3v) is 4.96. The van der Waals surface area contributed by atoms with Crippen LogP contribution in [-0.4, -0.2) is 47.9 Å². The summed E-state index contributed by atoms with van der Waals surface area (Å²) in [6, 6.07) is 5.55. The smallest absolute Gasteiger partial charge is 0.354 e. The van der Waals surface area contributed by atoms with Gasteiger partial charge in [0.2, 0.25) is 0 Å². The Hall–Kier alpha value is -3.13. The van der Waals surface area contributed by atoms with Crippen molar-refractivity contribution in [1.82, 2.24) is 4.98 Å². The maximum Gasteiger partial charge on any atom is 0.354 e. The number of anilines is 1. The number of fused-ring (bicyclic) bond motifs is 1. The lowest BCUT2D eigenvalue weighted by Gasteiger charge is -2.29. The fraction of sp³-hybridized carbons (Fsp3) is 0.435. The van der Waals surface area contributed by atoms with Crippen molar-refractivity contribution >= 4 is 17.6 Å². The first-order chi connectivity index (χ1) is 14.5. The molecule has 1 aliphatic rings. The number of hydrogen-bond donors (Lipinski definition) is 2. The number of benzene rings is 1. The van der Waals surface area contributed by atoms with Crippen molar-refractivity contribution in [3.63, 3.8) is 0 Å². The minimum Gasteiger partial charge on any atom is -0.490 e. The lowest BCUT2D eigenvalue weighted by Crippen LogP contribution is -2.30. The Morgan fingerprint density at radius 3 is 2.58 bits per heavy atom. The quantitative estimate of drug-likeness (QED) is 0.691. The number of pyridine rings is 1. The molecule has 166 valence electrons. The average molecular weight is 428 g/mol. The zero-order valence-electron chi connectivity index (χ0n) is 18.7. The maximum atomic E-state index is 12.8. The van der Waals surface area contributed by atoms with Crippen LogP contribution in [0.5, 0.6) is 5.75 Å². The van der Waals surface area contributed by atoms with Crippen LogP contribution in [0.15, 0.2) is 18.2 Å². The largest absolute Gasteiger partial charge is 0.490 e. The highest BCUT2D eigenvalue weighted by atomic mass is 16.6. The first-order valence-electron chi connectivity index (χ1n) is 10.0. The first kappa shape index (κ1) is 22.6. The van der Waals surface area contributed by atoms with Gasteiger partial charge < -0.3 is 24.6 Å². The highest BCUT2D eigenvalue weighted by Crippen LogP contribution is 2.41. The summed E-state index contributed by atoms with van der Waals surface area (Å²) in [6.45, 7) is 10.1. The molecule has 0 bridgehead atoms. The van der Waals surface area contributed by atoms with Gasteiger partial charge in [-0.15, -0.1) is 0 Å². The van der Waals surface area contributed by atoms with Gasteiger partial charge in [-0.1, -0.05) is 6.07 Å². The van der Waals surface area contributed by atoms with Crippen LogP contribution in [0, 0.1) is 13.8 Å². The van der Waals surface area contributed by atoms with Gasteiger partial charge in [0.15, 0.2) is 11.8 Å². The van der Waals surface area contributed by atoms with Gasteiger partial charge in [0.25, 0.3) is 0 Å². The lowest BCUT2D eigenvalue weighted by molar-refractivity contribution is -0.164. The van der Waals surface area contributed by atoms with E-state index in [9.17, 15) is 14.7 Å². The maximum absolute atomic E-state index is 12.8. The standard InChI is InChI=1S/C23H28N2O6/c1-12-17(14-7-8-16-15(11-14)24-9-10-30-16)18(13(2)25-19(12)21(26)27)20(22(28)29-6)31-23(3,4)5/h7-8,11,20,24H,9-10H2,1-6H3,(H,26,27)/t20-/m0/s1. The van der Waals surface area contributed by atoms with Crippen LogP contribution in [0.25, 0.3) is 11.1 Å². The molecule has 2 N–H and O–H groups in total. The number of nitrogens with zero attached hydrogens (tertiary/aromatic N) is 1. The van der Waals surface area contributed by atoms with E-state index in [1.54, 1.807) is 13.8 Å². The second-order valence-corrected chi connectivity index (χ2v) is 8.38. The molecule has 1 atom stereocenters. The molecule has 0 unspecified atom stereocenters. The first-order valence-corrected chi connectivity index (χ1v) is 10.0. The summed E-state index contributed by atoms with van der Waals surface area (Å²) in [6.07, 6.45) is -1.07. The molecule has 1 aromatic heterocycles. The summed E-state index contributed by atoms with van der Waals surface area (Å²) < 4.78 is 16.8. The normalized spacial score (nSPS) is 14.1.